The zero-order chi connectivity index (χ0) is 63.2. The third-order valence-corrected chi connectivity index (χ3v) is 15.0. The molecule has 4 aliphatic carbocycles. The molecule has 0 saturated heterocycles. The van der Waals surface area contributed by atoms with E-state index in [1.807, 2.05) is 38.5 Å². The van der Waals surface area contributed by atoms with Crippen molar-refractivity contribution < 1.29 is 104 Å². The second kappa shape index (κ2) is 40.3. The number of ether oxygens (including phenoxy) is 2. The third-order valence-electron chi connectivity index (χ3n) is 15.0. The maximum atomic E-state index is 8.89. The first kappa shape index (κ1) is 78.4. The molecule has 4 saturated carbocycles. The van der Waals surface area contributed by atoms with Gasteiger partial charge in [-0.2, -0.15) is 0 Å². The van der Waals surface area contributed by atoms with E-state index in [9.17, 15) is 0 Å². The Bertz CT molecular complexity index is 2850. The zero-order valence-corrected chi connectivity index (χ0v) is 57.6. The normalized spacial score (nSPS) is 18.2. The molecular formula is C82H72Co2N2O6Pd2-4. The van der Waals surface area contributed by atoms with Gasteiger partial charge >= 0.3 is 0 Å². The van der Waals surface area contributed by atoms with Crippen molar-refractivity contribution in [3.8, 4) is 0 Å². The first-order chi connectivity index (χ1) is 43.9. The summed E-state index contributed by atoms with van der Waals surface area (Å²) in [5.41, 5.74) is 10.1. The second-order valence-corrected chi connectivity index (χ2v) is 22.0. The molecule has 8 aromatic carbocycles. The molecule has 488 valence electrons. The molecule has 12 heteroatoms. The van der Waals surface area contributed by atoms with Gasteiger partial charge in [-0.3, -0.25) is 33.4 Å². The van der Waals surface area contributed by atoms with Crippen LogP contribution in [0.1, 0.15) is 72.2 Å². The fourth-order valence-electron chi connectivity index (χ4n) is 10.7. The molecule has 2 heterocycles. The number of hydrogen-bond acceptors (Lipinski definition) is 6. The Labute approximate surface area is 608 Å². The van der Waals surface area contributed by atoms with E-state index in [0.717, 1.165) is 23.6 Å². The van der Waals surface area contributed by atoms with Crippen LogP contribution in [-0.4, -0.2) is 59.2 Å². The Morgan fingerprint density at radius 2 is 0.543 bits per heavy atom. The largest absolute Gasteiger partial charge is 0.503 e. The number of aliphatic carboxylic acids is 2. The Morgan fingerprint density at radius 3 is 0.670 bits per heavy atom. The van der Waals surface area contributed by atoms with Crippen LogP contribution in [0.2, 0.25) is 0 Å². The maximum Gasteiger partial charge on any atom is 0.161 e. The van der Waals surface area contributed by atoms with Crippen LogP contribution in [0.3, 0.4) is 0 Å². The second-order valence-electron chi connectivity index (χ2n) is 22.0. The smallest absolute Gasteiger partial charge is 0.161 e. The first-order valence-electron chi connectivity index (χ1n) is 30.1. The molecule has 2 N–H and O–H groups in total. The van der Waals surface area contributed by atoms with Crippen molar-refractivity contribution in [1.29, 1.82) is 0 Å². The molecule has 0 spiro atoms. The Kier molecular flexibility index (Phi) is 33.6. The summed E-state index contributed by atoms with van der Waals surface area (Å²) < 4.78 is 11.0. The molecule has 0 unspecified atom stereocenters. The number of hydrogen-bond donors (Lipinski definition) is 2. The van der Waals surface area contributed by atoms with Crippen molar-refractivity contribution >= 4 is 23.7 Å². The molecular weight excluding hydrogens is 1440 g/mol. The van der Waals surface area contributed by atoms with Gasteiger partial charge in [0.25, 0.3) is 0 Å². The van der Waals surface area contributed by atoms with Crippen LogP contribution in [-0.2, 0) is 93.5 Å². The van der Waals surface area contributed by atoms with Crippen LogP contribution in [0.25, 0.3) is 0 Å². The summed E-state index contributed by atoms with van der Waals surface area (Å²) in [5.74, 6) is 13.0. The van der Waals surface area contributed by atoms with Gasteiger partial charge < -0.3 is 32.5 Å². The quantitative estimate of drug-likeness (QED) is 0.0929. The Hall–Kier alpha value is -6.28. The standard InChI is InChI=1S/2C28H20.2C11H13NO.2C2H3O2.2Co.2Pd/c2*1-5-13-21(14-6-1)25-26(22-15-7-2-8-16-22)28(24-19-11-4-12-20-24)27(25)23-17-9-3-10-18-23;2*1-8(2)10-7-13-11(12-10)9-5-3-4-6-9;2*1-2(3)4;;;;/h2*1-20H;2*3-5,8,10H,7H2,1-2H3;2*1H2,(H,3,4);;;;/q;;4*-1;;;;/t;;2*10-;;;;;;/m..11....../s1. The van der Waals surface area contributed by atoms with Crippen LogP contribution in [0, 0.1) is 136 Å². The summed E-state index contributed by atoms with van der Waals surface area (Å²) in [6.45, 7) is 15.2. The number of carboxylic acids is 2. The van der Waals surface area contributed by atoms with E-state index in [1.54, 1.807) is 0 Å². The summed E-state index contributed by atoms with van der Waals surface area (Å²) in [7, 11) is 0. The molecule has 2 atom stereocenters. The van der Waals surface area contributed by atoms with Gasteiger partial charge in [-0.05, 0) is 56.3 Å². The molecule has 4 fully saturated rings. The molecule has 8 aromatic rings. The molecule has 0 bridgehead atoms. The summed E-state index contributed by atoms with van der Waals surface area (Å²) in [4.78, 5) is 26.8. The molecule has 6 aliphatic rings. The van der Waals surface area contributed by atoms with Gasteiger partial charge in [-0.1, -0.05) is 296 Å². The summed E-state index contributed by atoms with van der Waals surface area (Å²) in [5, 5.41) is 14.6. The molecule has 8 nitrogen and oxygen atoms in total. The maximum absolute atomic E-state index is 8.89. The summed E-state index contributed by atoms with van der Waals surface area (Å²) in [6.07, 6.45) is 17.8. The number of carbonyl (C=O) groups is 2. The van der Waals surface area contributed by atoms with E-state index in [2.05, 4.69) is 307 Å². The van der Waals surface area contributed by atoms with Crippen LogP contribution in [0.15, 0.2) is 253 Å². The Balaban J connectivity index is 0.000000226. The topological polar surface area (TPSA) is 118 Å². The SMILES string of the molecule is CC(C)[C@H]1COC([C]2[C-][CH][CH][CH]2)=N1.CC(C)[C@H]1COC([C]2[C-][CH][CH][CH]2)=N1.[CH2-]C(=O)O.[CH2-]C(=O)O.[Co].[Co].[Pd].[Pd].c1ccc([C]2[C](c3ccccc3)[C](c3ccccc3)[C]2c2ccccc2)cc1.c1ccc([C]2[C](c3ccccc3)[C](c3ccccc3)[C]2c2ccccc2)cc1. The number of benzene rings is 8. The predicted molar refractivity (Wildman–Crippen MR) is 359 cm³/mol. The van der Waals surface area contributed by atoms with Gasteiger partial charge in [0, 0.05) is 122 Å². The van der Waals surface area contributed by atoms with Crippen LogP contribution < -0.4 is 0 Å². The minimum atomic E-state index is -1.08. The first-order valence-corrected chi connectivity index (χ1v) is 30.1. The van der Waals surface area contributed by atoms with Gasteiger partial charge in [0.2, 0.25) is 0 Å². The fraction of sp³-hybridized carbons (Fsp3) is 0.122. The van der Waals surface area contributed by atoms with Gasteiger partial charge in [-0.25, -0.2) is 12.8 Å². The average Bonchev–Trinajstić information content (AvgIpc) is 0.894. The van der Waals surface area contributed by atoms with Crippen LogP contribution in [0.5, 0.6) is 0 Å². The zero-order valence-electron chi connectivity index (χ0n) is 52.4. The van der Waals surface area contributed by atoms with Crippen molar-refractivity contribution in [3.05, 3.63) is 412 Å². The van der Waals surface area contributed by atoms with Crippen molar-refractivity contribution in [2.24, 2.45) is 21.8 Å². The van der Waals surface area contributed by atoms with E-state index in [-0.39, 0.29) is 74.4 Å². The minimum Gasteiger partial charge on any atom is -0.503 e. The van der Waals surface area contributed by atoms with E-state index < -0.39 is 11.9 Å². The van der Waals surface area contributed by atoms with E-state index in [0.29, 0.717) is 37.1 Å². The third kappa shape index (κ3) is 21.4. The number of rotatable bonds is 12. The van der Waals surface area contributed by atoms with Crippen molar-refractivity contribution in [1.82, 2.24) is 0 Å². The molecule has 94 heavy (non-hydrogen) atoms. The molecule has 0 aromatic heterocycles. The predicted octanol–water partition coefficient (Wildman–Crippen LogP) is 16.2. The summed E-state index contributed by atoms with van der Waals surface area (Å²) >= 11 is 0. The molecule has 0 amide bonds. The molecule has 20 radical (unpaired) electrons. The van der Waals surface area contributed by atoms with E-state index >= 15 is 0 Å². The number of aliphatic imine (C=N–C) groups is 2. The average molecular weight is 1510 g/mol. The monoisotopic (exact) mass is 1510 g/mol. The minimum absolute atomic E-state index is 0. The van der Waals surface area contributed by atoms with E-state index in [1.165, 1.54) is 91.9 Å². The van der Waals surface area contributed by atoms with Gasteiger partial charge in [0.15, 0.2) is 23.7 Å². The fourth-order valence-corrected chi connectivity index (χ4v) is 10.7. The summed E-state index contributed by atoms with van der Waals surface area (Å²) in [6, 6.07) is 86.5. The molecule has 14 rings (SSSR count). The number of carboxylic acid groups (broad SMARTS) is 2. The Morgan fingerprint density at radius 1 is 0.372 bits per heavy atom. The van der Waals surface area contributed by atoms with Crippen molar-refractivity contribution in [2.75, 3.05) is 13.2 Å². The van der Waals surface area contributed by atoms with Crippen LogP contribution >= 0.6 is 0 Å². The van der Waals surface area contributed by atoms with Gasteiger partial charge in [-0.15, -0.1) is 11.8 Å². The van der Waals surface area contributed by atoms with E-state index in [4.69, 9.17) is 29.3 Å². The van der Waals surface area contributed by atoms with Gasteiger partial charge in [0.05, 0.1) is 12.1 Å². The molecule has 2 aliphatic heterocycles. The van der Waals surface area contributed by atoms with Crippen molar-refractivity contribution in [2.45, 2.75) is 39.8 Å². The van der Waals surface area contributed by atoms with Crippen LogP contribution in [0.4, 0.5) is 0 Å². The van der Waals surface area contributed by atoms with Gasteiger partial charge in [0.1, 0.15) is 13.2 Å². The van der Waals surface area contributed by atoms with Crippen molar-refractivity contribution in [3.63, 3.8) is 0 Å². The number of nitrogens with zero attached hydrogens (tertiary/aromatic N) is 2.